The molecule has 0 radical (unpaired) electrons. The summed E-state index contributed by atoms with van der Waals surface area (Å²) in [4.78, 5) is 2.36. The Bertz CT molecular complexity index is 610. The summed E-state index contributed by atoms with van der Waals surface area (Å²) in [6.07, 6.45) is 0.820. The van der Waals surface area contributed by atoms with Gasteiger partial charge >= 0.3 is 0 Å². The van der Waals surface area contributed by atoms with Crippen molar-refractivity contribution < 1.29 is 0 Å². The van der Waals surface area contributed by atoms with Crippen LogP contribution in [0.1, 0.15) is 24.4 Å². The number of hydrogen-bond acceptors (Lipinski definition) is 5. The van der Waals surface area contributed by atoms with Gasteiger partial charge in [-0.1, -0.05) is 35.1 Å². The summed E-state index contributed by atoms with van der Waals surface area (Å²) in [5.74, 6) is 1.15. The predicted octanol–water partition coefficient (Wildman–Crippen LogP) is 4.11. The van der Waals surface area contributed by atoms with E-state index < -0.39 is 0 Å². The van der Waals surface area contributed by atoms with Gasteiger partial charge in [0.15, 0.2) is 0 Å². The number of anilines is 1. The molecule has 3 rings (SSSR count). The molecule has 21 heavy (non-hydrogen) atoms. The predicted molar refractivity (Wildman–Crippen MR) is 92.9 cm³/mol. The van der Waals surface area contributed by atoms with Crippen molar-refractivity contribution in [2.24, 2.45) is 0 Å². The van der Waals surface area contributed by atoms with E-state index in [1.165, 1.54) is 5.56 Å². The van der Waals surface area contributed by atoms with Crippen molar-refractivity contribution in [1.29, 1.82) is 0 Å². The van der Waals surface area contributed by atoms with E-state index in [9.17, 15) is 0 Å². The molecule has 0 atom stereocenters. The van der Waals surface area contributed by atoms with Crippen LogP contribution in [-0.2, 0) is 6.42 Å². The second-order valence-electron chi connectivity index (χ2n) is 5.81. The van der Waals surface area contributed by atoms with Gasteiger partial charge in [-0.25, -0.2) is 0 Å². The first-order valence-electron chi connectivity index (χ1n) is 6.98. The molecule has 1 saturated heterocycles. The maximum atomic E-state index is 5.91. The van der Waals surface area contributed by atoms with Gasteiger partial charge in [-0.05, 0) is 31.5 Å². The third-order valence-electron chi connectivity index (χ3n) is 3.42. The van der Waals surface area contributed by atoms with Gasteiger partial charge < -0.3 is 4.90 Å². The number of hydrogen-bond donors (Lipinski definition) is 0. The molecule has 0 amide bonds. The van der Waals surface area contributed by atoms with Gasteiger partial charge in [0.05, 0.1) is 0 Å². The van der Waals surface area contributed by atoms with Crippen molar-refractivity contribution >= 4 is 39.8 Å². The van der Waals surface area contributed by atoms with E-state index in [4.69, 9.17) is 11.6 Å². The van der Waals surface area contributed by atoms with Gasteiger partial charge in [-0.3, -0.25) is 0 Å². The number of rotatable bonds is 3. The Morgan fingerprint density at radius 2 is 2.00 bits per heavy atom. The summed E-state index contributed by atoms with van der Waals surface area (Å²) in [6, 6.07) is 7.93. The number of thioether (sulfide) groups is 1. The molecule has 0 aliphatic carbocycles. The van der Waals surface area contributed by atoms with Crippen molar-refractivity contribution in [3.63, 3.8) is 0 Å². The molecule has 0 unspecified atom stereocenters. The second kappa shape index (κ2) is 6.15. The average Bonchev–Trinajstić information content (AvgIpc) is 2.89. The summed E-state index contributed by atoms with van der Waals surface area (Å²) >= 11 is 9.65. The molecule has 3 nitrogen and oxygen atoms in total. The maximum absolute atomic E-state index is 5.91. The van der Waals surface area contributed by atoms with Crippen molar-refractivity contribution in [2.75, 3.05) is 23.7 Å². The fourth-order valence-corrected chi connectivity index (χ4v) is 4.54. The molecule has 0 saturated carbocycles. The highest BCUT2D eigenvalue weighted by molar-refractivity contribution is 8.00. The Kier molecular flexibility index (Phi) is 4.43. The minimum Gasteiger partial charge on any atom is -0.344 e. The Morgan fingerprint density at radius 3 is 2.71 bits per heavy atom. The zero-order valence-corrected chi connectivity index (χ0v) is 14.6. The van der Waals surface area contributed by atoms with Gasteiger partial charge in [0.1, 0.15) is 5.01 Å². The number of nitrogens with zero attached hydrogens (tertiary/aromatic N) is 3. The van der Waals surface area contributed by atoms with Crippen molar-refractivity contribution in [3.05, 3.63) is 39.9 Å². The Labute approximate surface area is 138 Å². The van der Waals surface area contributed by atoms with Crippen LogP contribution in [0.25, 0.3) is 0 Å². The minimum atomic E-state index is 0.292. The quantitative estimate of drug-likeness (QED) is 0.841. The van der Waals surface area contributed by atoms with Crippen LogP contribution in [-0.4, -0.2) is 33.8 Å². The van der Waals surface area contributed by atoms with Crippen molar-refractivity contribution in [2.45, 2.75) is 25.0 Å². The molecule has 112 valence electrons. The lowest BCUT2D eigenvalue weighted by Gasteiger charge is -2.37. The average molecular weight is 340 g/mol. The van der Waals surface area contributed by atoms with Crippen LogP contribution in [0.15, 0.2) is 24.3 Å². The molecule has 1 aromatic carbocycles. The van der Waals surface area contributed by atoms with Gasteiger partial charge in [0.2, 0.25) is 5.13 Å². The highest BCUT2D eigenvalue weighted by Gasteiger charge is 2.28. The Balaban J connectivity index is 1.70. The molecule has 1 aromatic heterocycles. The lowest BCUT2D eigenvalue weighted by atomic mass is 10.2. The number of benzene rings is 1. The largest absolute Gasteiger partial charge is 0.344 e. The SMILES string of the molecule is CC1(C)CN(c2nnc(Cc3ccc(Cl)cc3)s2)CCS1. The van der Waals surface area contributed by atoms with Crippen molar-refractivity contribution in [3.8, 4) is 0 Å². The first kappa shape index (κ1) is 15.1. The third-order valence-corrected chi connectivity index (χ3v) is 5.95. The molecule has 0 spiro atoms. The highest BCUT2D eigenvalue weighted by atomic mass is 35.5. The second-order valence-corrected chi connectivity index (χ2v) is 9.09. The fraction of sp³-hybridized carbons (Fsp3) is 0.467. The van der Waals surface area contributed by atoms with Gasteiger partial charge in [-0.15, -0.1) is 10.2 Å². The summed E-state index contributed by atoms with van der Waals surface area (Å²) in [7, 11) is 0. The van der Waals surface area contributed by atoms with Crippen LogP contribution in [0.2, 0.25) is 5.02 Å². The summed E-state index contributed by atoms with van der Waals surface area (Å²) in [6.45, 7) is 6.68. The van der Waals surface area contributed by atoms with Crippen LogP contribution in [0.5, 0.6) is 0 Å². The minimum absolute atomic E-state index is 0.292. The standard InChI is InChI=1S/C15H18ClN3S2/c1-15(2)10-19(7-8-20-15)14-18-17-13(21-14)9-11-3-5-12(16)6-4-11/h3-6H,7-10H2,1-2H3. The molecule has 1 fully saturated rings. The number of halogens is 1. The summed E-state index contributed by atoms with van der Waals surface area (Å²) in [5.41, 5.74) is 1.22. The first-order chi connectivity index (χ1) is 10.0. The van der Waals surface area contributed by atoms with Crippen molar-refractivity contribution in [1.82, 2.24) is 10.2 Å². The molecule has 2 heterocycles. The third kappa shape index (κ3) is 3.90. The van der Waals surface area contributed by atoms with Crippen LogP contribution >= 0.6 is 34.7 Å². The van der Waals surface area contributed by atoms with E-state index in [1.807, 2.05) is 36.0 Å². The Hall–Kier alpha value is -0.780. The maximum Gasteiger partial charge on any atom is 0.208 e. The molecule has 0 bridgehead atoms. The lowest BCUT2D eigenvalue weighted by Crippen LogP contribution is -2.43. The topological polar surface area (TPSA) is 29.0 Å². The molecule has 6 heteroatoms. The summed E-state index contributed by atoms with van der Waals surface area (Å²) < 4.78 is 0.292. The molecular formula is C15H18ClN3S2. The van der Waals surface area contributed by atoms with E-state index in [0.29, 0.717) is 4.75 Å². The van der Waals surface area contributed by atoms with E-state index in [-0.39, 0.29) is 0 Å². The number of aromatic nitrogens is 2. The molecule has 1 aliphatic heterocycles. The van der Waals surface area contributed by atoms with E-state index in [1.54, 1.807) is 11.3 Å². The van der Waals surface area contributed by atoms with Crippen LogP contribution < -0.4 is 4.90 Å². The van der Waals surface area contributed by atoms with Crippen LogP contribution in [0, 0.1) is 0 Å². The van der Waals surface area contributed by atoms with Gasteiger partial charge in [-0.2, -0.15) is 11.8 Å². The summed E-state index contributed by atoms with van der Waals surface area (Å²) in [5, 5.41) is 11.6. The normalized spacial score (nSPS) is 18.0. The van der Waals surface area contributed by atoms with E-state index >= 15 is 0 Å². The van der Waals surface area contributed by atoms with E-state index in [2.05, 4.69) is 28.9 Å². The molecule has 0 N–H and O–H groups in total. The first-order valence-corrected chi connectivity index (χ1v) is 9.16. The molecule has 2 aromatic rings. The van der Waals surface area contributed by atoms with Gasteiger partial charge in [0.25, 0.3) is 0 Å². The Morgan fingerprint density at radius 1 is 1.24 bits per heavy atom. The molecular weight excluding hydrogens is 322 g/mol. The zero-order chi connectivity index (χ0) is 14.9. The van der Waals surface area contributed by atoms with E-state index in [0.717, 1.165) is 40.4 Å². The van der Waals surface area contributed by atoms with Crippen LogP contribution in [0.3, 0.4) is 0 Å². The monoisotopic (exact) mass is 339 g/mol. The van der Waals surface area contributed by atoms with Crippen LogP contribution in [0.4, 0.5) is 5.13 Å². The highest BCUT2D eigenvalue weighted by Crippen LogP contribution is 2.33. The molecule has 1 aliphatic rings. The fourth-order valence-electron chi connectivity index (χ4n) is 2.40. The lowest BCUT2D eigenvalue weighted by molar-refractivity contribution is 0.644. The smallest absolute Gasteiger partial charge is 0.208 e. The zero-order valence-electron chi connectivity index (χ0n) is 12.2. The van der Waals surface area contributed by atoms with Gasteiger partial charge in [0, 0.05) is 35.0 Å².